The fraction of sp³-hybridized carbons (Fsp3) is 0.647. The van der Waals surface area contributed by atoms with E-state index in [1.54, 1.807) is 7.11 Å². The van der Waals surface area contributed by atoms with Crippen LogP contribution in [0.2, 0.25) is 0 Å². The van der Waals surface area contributed by atoms with Gasteiger partial charge in [-0.3, -0.25) is 0 Å². The maximum Gasteiger partial charge on any atom is 0.118 e. The number of hydrogen-bond acceptors (Lipinski definition) is 2. The molecule has 1 unspecified atom stereocenters. The minimum Gasteiger partial charge on any atom is -0.497 e. The second-order valence-corrected chi connectivity index (χ2v) is 6.19. The molecule has 0 bridgehead atoms. The molecule has 19 heavy (non-hydrogen) atoms. The van der Waals surface area contributed by atoms with E-state index in [1.807, 2.05) is 0 Å². The highest BCUT2D eigenvalue weighted by Gasteiger charge is 2.29. The molecular formula is C17H25NO. The Hall–Kier alpha value is -1.02. The van der Waals surface area contributed by atoms with Gasteiger partial charge in [0.1, 0.15) is 5.75 Å². The van der Waals surface area contributed by atoms with Crippen LogP contribution in [0, 0.1) is 11.8 Å². The van der Waals surface area contributed by atoms with Crippen molar-refractivity contribution >= 4 is 0 Å². The zero-order valence-corrected chi connectivity index (χ0v) is 11.9. The van der Waals surface area contributed by atoms with Crippen LogP contribution in [0.4, 0.5) is 0 Å². The van der Waals surface area contributed by atoms with E-state index in [0.717, 1.165) is 23.6 Å². The summed E-state index contributed by atoms with van der Waals surface area (Å²) in [5.41, 5.74) is 1.45. The second-order valence-electron chi connectivity index (χ2n) is 6.19. The molecule has 3 rings (SSSR count). The molecule has 0 heterocycles. The van der Waals surface area contributed by atoms with Crippen LogP contribution in [0.25, 0.3) is 0 Å². The molecule has 0 aromatic heterocycles. The summed E-state index contributed by atoms with van der Waals surface area (Å²) in [5.74, 6) is 2.73. The maximum atomic E-state index is 5.23. The molecule has 1 aromatic carbocycles. The zero-order valence-electron chi connectivity index (χ0n) is 11.9. The molecule has 2 heteroatoms. The van der Waals surface area contributed by atoms with Gasteiger partial charge in [-0.15, -0.1) is 0 Å². The molecule has 2 fully saturated rings. The van der Waals surface area contributed by atoms with Crippen LogP contribution < -0.4 is 10.1 Å². The smallest absolute Gasteiger partial charge is 0.118 e. The molecule has 2 nitrogen and oxygen atoms in total. The maximum absolute atomic E-state index is 5.23. The quantitative estimate of drug-likeness (QED) is 0.810. The molecule has 104 valence electrons. The van der Waals surface area contributed by atoms with E-state index in [1.165, 1.54) is 50.6 Å². The monoisotopic (exact) mass is 259 g/mol. The van der Waals surface area contributed by atoms with Gasteiger partial charge in [0, 0.05) is 6.04 Å². The molecule has 2 saturated carbocycles. The molecule has 0 saturated heterocycles. The Labute approximate surface area is 116 Å². The highest BCUT2D eigenvalue weighted by atomic mass is 16.5. The third-order valence-electron chi connectivity index (χ3n) is 4.72. The highest BCUT2D eigenvalue weighted by Crippen LogP contribution is 2.35. The number of hydrogen-bond donors (Lipinski definition) is 1. The van der Waals surface area contributed by atoms with Crippen molar-refractivity contribution in [2.24, 2.45) is 11.8 Å². The topological polar surface area (TPSA) is 21.3 Å². The van der Waals surface area contributed by atoms with Crippen molar-refractivity contribution in [3.8, 4) is 5.75 Å². The zero-order chi connectivity index (χ0) is 13.1. The van der Waals surface area contributed by atoms with Crippen LogP contribution in [-0.4, -0.2) is 19.7 Å². The van der Waals surface area contributed by atoms with Crippen LogP contribution >= 0.6 is 0 Å². The first-order chi connectivity index (χ1) is 9.35. The lowest BCUT2D eigenvalue weighted by molar-refractivity contribution is 0.199. The summed E-state index contributed by atoms with van der Waals surface area (Å²) in [5, 5.41) is 3.72. The van der Waals surface area contributed by atoms with Crippen molar-refractivity contribution < 1.29 is 4.74 Å². The first-order valence-corrected chi connectivity index (χ1v) is 7.71. The molecule has 1 N–H and O–H groups in total. The van der Waals surface area contributed by atoms with E-state index in [4.69, 9.17) is 4.74 Å². The normalized spacial score (nSPS) is 20.9. The molecule has 0 amide bonds. The van der Waals surface area contributed by atoms with Crippen LogP contribution in [0.3, 0.4) is 0 Å². The highest BCUT2D eigenvalue weighted by molar-refractivity contribution is 5.27. The summed E-state index contributed by atoms with van der Waals surface area (Å²) >= 11 is 0. The van der Waals surface area contributed by atoms with Crippen molar-refractivity contribution in [3.63, 3.8) is 0 Å². The first-order valence-electron chi connectivity index (χ1n) is 7.71. The SMILES string of the molecule is COc1ccc(CC(CNC2CC2)C2CCC2)cc1. The van der Waals surface area contributed by atoms with Gasteiger partial charge in [-0.25, -0.2) is 0 Å². The Kier molecular flexibility index (Phi) is 4.07. The van der Waals surface area contributed by atoms with Crippen molar-refractivity contribution in [2.75, 3.05) is 13.7 Å². The third kappa shape index (κ3) is 3.50. The fourth-order valence-electron chi connectivity index (χ4n) is 2.99. The Morgan fingerprint density at radius 2 is 1.89 bits per heavy atom. The van der Waals surface area contributed by atoms with Crippen molar-refractivity contribution in [1.82, 2.24) is 5.32 Å². The van der Waals surface area contributed by atoms with Gasteiger partial charge in [-0.05, 0) is 55.3 Å². The van der Waals surface area contributed by atoms with Gasteiger partial charge < -0.3 is 10.1 Å². The fourth-order valence-corrected chi connectivity index (χ4v) is 2.99. The van der Waals surface area contributed by atoms with Crippen LogP contribution in [0.15, 0.2) is 24.3 Å². The number of nitrogens with one attached hydrogen (secondary N) is 1. The molecular weight excluding hydrogens is 234 g/mol. The van der Waals surface area contributed by atoms with E-state index in [2.05, 4.69) is 29.6 Å². The van der Waals surface area contributed by atoms with Gasteiger partial charge in [0.15, 0.2) is 0 Å². The largest absolute Gasteiger partial charge is 0.497 e. The van der Waals surface area contributed by atoms with Crippen LogP contribution in [-0.2, 0) is 6.42 Å². The van der Waals surface area contributed by atoms with Gasteiger partial charge in [-0.1, -0.05) is 31.4 Å². The molecule has 1 atom stereocenters. The minimum absolute atomic E-state index is 0.822. The molecule has 0 aliphatic heterocycles. The van der Waals surface area contributed by atoms with Gasteiger partial charge in [0.2, 0.25) is 0 Å². The lowest BCUT2D eigenvalue weighted by atomic mass is 9.73. The number of ether oxygens (including phenoxy) is 1. The summed E-state index contributed by atoms with van der Waals surface area (Å²) < 4.78 is 5.23. The molecule has 2 aliphatic rings. The number of rotatable bonds is 7. The van der Waals surface area contributed by atoms with E-state index in [9.17, 15) is 0 Å². The van der Waals surface area contributed by atoms with Crippen molar-refractivity contribution in [3.05, 3.63) is 29.8 Å². The lowest BCUT2D eigenvalue weighted by Crippen LogP contribution is -2.34. The summed E-state index contributed by atoms with van der Waals surface area (Å²) in [7, 11) is 1.73. The van der Waals surface area contributed by atoms with E-state index >= 15 is 0 Å². The lowest BCUT2D eigenvalue weighted by Gasteiger charge is -2.34. The van der Waals surface area contributed by atoms with E-state index in [0.29, 0.717) is 0 Å². The molecule has 0 spiro atoms. The Morgan fingerprint density at radius 1 is 1.16 bits per heavy atom. The predicted molar refractivity (Wildman–Crippen MR) is 78.6 cm³/mol. The Bertz CT molecular complexity index is 392. The van der Waals surface area contributed by atoms with Gasteiger partial charge in [0.25, 0.3) is 0 Å². The van der Waals surface area contributed by atoms with Crippen LogP contribution in [0.5, 0.6) is 5.75 Å². The van der Waals surface area contributed by atoms with Gasteiger partial charge in [0.05, 0.1) is 7.11 Å². The summed E-state index contributed by atoms with van der Waals surface area (Å²) in [6, 6.07) is 9.45. The Morgan fingerprint density at radius 3 is 2.42 bits per heavy atom. The van der Waals surface area contributed by atoms with Gasteiger partial charge >= 0.3 is 0 Å². The standard InChI is InChI=1S/C17H25NO/c1-19-17-9-5-13(6-10-17)11-15(14-3-2-4-14)12-18-16-7-8-16/h5-6,9-10,14-16,18H,2-4,7-8,11-12H2,1H3. The second kappa shape index (κ2) is 5.96. The average molecular weight is 259 g/mol. The predicted octanol–water partition coefficient (Wildman–Crippen LogP) is 3.41. The summed E-state index contributed by atoms with van der Waals surface area (Å²) in [6.45, 7) is 1.21. The summed E-state index contributed by atoms with van der Waals surface area (Å²) in [4.78, 5) is 0. The Balaban J connectivity index is 1.57. The average Bonchev–Trinajstić information content (AvgIpc) is 3.19. The molecule has 2 aliphatic carbocycles. The summed E-state index contributed by atoms with van der Waals surface area (Å²) in [6.07, 6.45) is 8.31. The van der Waals surface area contributed by atoms with E-state index in [-0.39, 0.29) is 0 Å². The first kappa shape index (κ1) is 13.0. The van der Waals surface area contributed by atoms with Gasteiger partial charge in [-0.2, -0.15) is 0 Å². The molecule has 1 aromatic rings. The third-order valence-corrected chi connectivity index (χ3v) is 4.72. The molecule has 0 radical (unpaired) electrons. The minimum atomic E-state index is 0.822. The number of benzene rings is 1. The van der Waals surface area contributed by atoms with Crippen molar-refractivity contribution in [1.29, 1.82) is 0 Å². The van der Waals surface area contributed by atoms with E-state index < -0.39 is 0 Å². The van der Waals surface area contributed by atoms with Crippen LogP contribution in [0.1, 0.15) is 37.7 Å². The number of methoxy groups -OCH3 is 1. The van der Waals surface area contributed by atoms with Crippen molar-refractivity contribution in [2.45, 2.75) is 44.6 Å².